The van der Waals surface area contributed by atoms with Crippen LogP contribution in [0.3, 0.4) is 0 Å². The summed E-state index contributed by atoms with van der Waals surface area (Å²) in [5.41, 5.74) is 5.06. The van der Waals surface area contributed by atoms with Gasteiger partial charge in [-0.1, -0.05) is 18.2 Å². The fraction of sp³-hybridized carbons (Fsp3) is 0.458. The minimum atomic E-state index is -0.213. The van der Waals surface area contributed by atoms with Crippen LogP contribution in [0.5, 0.6) is 11.5 Å². The number of fused-ring (bicyclic) bond motifs is 2. The molecule has 2 aromatic carbocycles. The lowest BCUT2D eigenvalue weighted by molar-refractivity contribution is -0.141. The molecule has 0 bridgehead atoms. The first kappa shape index (κ1) is 19.2. The summed E-state index contributed by atoms with van der Waals surface area (Å²) in [6.45, 7) is 3.96. The molecule has 1 aliphatic carbocycles. The lowest BCUT2D eigenvalue weighted by Gasteiger charge is -2.30. The third-order valence-electron chi connectivity index (χ3n) is 6.33. The second-order valence-electron chi connectivity index (χ2n) is 8.08. The summed E-state index contributed by atoms with van der Waals surface area (Å²) in [5.74, 6) is 1.45. The molecule has 1 saturated heterocycles. The van der Waals surface area contributed by atoms with E-state index in [4.69, 9.17) is 18.9 Å². The SMILES string of the molecule is COC(=O)C[C@@H]1COc2cc(O[C@@H]3CCc4c3cccc4N3CCOCC3)ccc21. The number of nitrogens with zero attached hydrogens (tertiary/aromatic N) is 1. The molecule has 6 nitrogen and oxygen atoms in total. The van der Waals surface area contributed by atoms with Crippen LogP contribution >= 0.6 is 0 Å². The zero-order valence-electron chi connectivity index (χ0n) is 17.3. The zero-order valence-corrected chi connectivity index (χ0v) is 17.3. The molecule has 2 aliphatic heterocycles. The monoisotopic (exact) mass is 409 g/mol. The molecule has 0 aromatic heterocycles. The van der Waals surface area contributed by atoms with E-state index in [1.807, 2.05) is 18.2 Å². The van der Waals surface area contributed by atoms with E-state index in [1.54, 1.807) is 0 Å². The molecule has 2 aromatic rings. The standard InChI is InChI=1S/C24H27NO5/c1-27-24(26)13-16-15-29-23-14-17(5-6-18(16)23)30-22-8-7-19-20(22)3-2-4-21(19)25-9-11-28-12-10-25/h2-6,14,16,22H,7-13,15H2,1H3/t16-,22-/m1/s1. The first-order valence-electron chi connectivity index (χ1n) is 10.7. The second kappa shape index (κ2) is 8.19. The molecule has 0 saturated carbocycles. The Hall–Kier alpha value is -2.73. The van der Waals surface area contributed by atoms with E-state index in [1.165, 1.54) is 23.9 Å². The van der Waals surface area contributed by atoms with E-state index in [9.17, 15) is 4.79 Å². The summed E-state index contributed by atoms with van der Waals surface area (Å²) in [6.07, 6.45) is 2.38. The largest absolute Gasteiger partial charge is 0.492 e. The van der Waals surface area contributed by atoms with Gasteiger partial charge >= 0.3 is 5.97 Å². The smallest absolute Gasteiger partial charge is 0.306 e. The fourth-order valence-electron chi connectivity index (χ4n) is 4.77. The Labute approximate surface area is 176 Å². The van der Waals surface area contributed by atoms with E-state index in [-0.39, 0.29) is 18.0 Å². The van der Waals surface area contributed by atoms with Crippen molar-refractivity contribution in [2.75, 3.05) is 44.9 Å². The van der Waals surface area contributed by atoms with Crippen molar-refractivity contribution >= 4 is 11.7 Å². The normalized spacial score (nSPS) is 22.2. The molecule has 6 heteroatoms. The molecule has 0 radical (unpaired) electrons. The Bertz CT molecular complexity index is 937. The summed E-state index contributed by atoms with van der Waals surface area (Å²) in [4.78, 5) is 14.0. The highest BCUT2D eigenvalue weighted by Gasteiger charge is 2.30. The van der Waals surface area contributed by atoms with Gasteiger partial charge in [-0.05, 0) is 36.1 Å². The Balaban J connectivity index is 1.32. The van der Waals surface area contributed by atoms with Crippen molar-refractivity contribution in [1.29, 1.82) is 0 Å². The maximum Gasteiger partial charge on any atom is 0.306 e. The second-order valence-corrected chi connectivity index (χ2v) is 8.08. The first-order chi connectivity index (χ1) is 14.7. The number of morpholine rings is 1. The Morgan fingerprint density at radius 1 is 1.17 bits per heavy atom. The molecule has 3 aliphatic rings. The van der Waals surface area contributed by atoms with Crippen molar-refractivity contribution in [1.82, 2.24) is 0 Å². The lowest BCUT2D eigenvalue weighted by atomic mass is 9.98. The highest BCUT2D eigenvalue weighted by atomic mass is 16.5. The summed E-state index contributed by atoms with van der Waals surface area (Å²) in [5, 5.41) is 0. The third-order valence-corrected chi connectivity index (χ3v) is 6.33. The van der Waals surface area contributed by atoms with Crippen molar-refractivity contribution in [2.24, 2.45) is 0 Å². The molecule has 5 rings (SSSR count). The van der Waals surface area contributed by atoms with Crippen LogP contribution in [0, 0.1) is 0 Å². The highest BCUT2D eigenvalue weighted by molar-refractivity contribution is 5.71. The molecular weight excluding hydrogens is 382 g/mol. The number of anilines is 1. The topological polar surface area (TPSA) is 57.2 Å². The summed E-state index contributed by atoms with van der Waals surface area (Å²) in [7, 11) is 1.42. The van der Waals surface area contributed by atoms with E-state index >= 15 is 0 Å². The van der Waals surface area contributed by atoms with E-state index in [2.05, 4.69) is 23.1 Å². The average molecular weight is 409 g/mol. The predicted octanol–water partition coefficient (Wildman–Crippen LogP) is 3.63. The van der Waals surface area contributed by atoms with Crippen LogP contribution in [0.25, 0.3) is 0 Å². The number of esters is 1. The lowest BCUT2D eigenvalue weighted by Crippen LogP contribution is -2.36. The molecular formula is C24H27NO5. The minimum Gasteiger partial charge on any atom is -0.492 e. The molecule has 2 heterocycles. The summed E-state index contributed by atoms with van der Waals surface area (Å²) < 4.78 is 22.5. The number of hydrogen-bond acceptors (Lipinski definition) is 6. The average Bonchev–Trinajstić information content (AvgIpc) is 3.38. The number of carbonyl (C=O) groups excluding carboxylic acids is 1. The van der Waals surface area contributed by atoms with Gasteiger partial charge in [0.25, 0.3) is 0 Å². The van der Waals surface area contributed by atoms with Gasteiger partial charge in [-0.2, -0.15) is 0 Å². The summed E-state index contributed by atoms with van der Waals surface area (Å²) in [6, 6.07) is 12.5. The van der Waals surface area contributed by atoms with Crippen LogP contribution in [0.1, 0.15) is 41.6 Å². The number of ether oxygens (including phenoxy) is 4. The number of benzene rings is 2. The van der Waals surface area contributed by atoms with Crippen molar-refractivity contribution < 1.29 is 23.7 Å². The molecule has 158 valence electrons. The molecule has 0 spiro atoms. The van der Waals surface area contributed by atoms with Gasteiger partial charge in [0.15, 0.2) is 0 Å². The maximum absolute atomic E-state index is 11.6. The molecule has 2 atom stereocenters. The van der Waals surface area contributed by atoms with Crippen LogP contribution < -0.4 is 14.4 Å². The van der Waals surface area contributed by atoms with Gasteiger partial charge in [-0.15, -0.1) is 0 Å². The van der Waals surface area contributed by atoms with Gasteiger partial charge in [0, 0.05) is 36.3 Å². The maximum atomic E-state index is 11.6. The van der Waals surface area contributed by atoms with Crippen LogP contribution in [0.2, 0.25) is 0 Å². The third kappa shape index (κ3) is 3.60. The van der Waals surface area contributed by atoms with Crippen molar-refractivity contribution in [3.63, 3.8) is 0 Å². The van der Waals surface area contributed by atoms with Gasteiger partial charge in [0.2, 0.25) is 0 Å². The predicted molar refractivity (Wildman–Crippen MR) is 112 cm³/mol. The molecule has 30 heavy (non-hydrogen) atoms. The van der Waals surface area contributed by atoms with E-state index in [0.717, 1.165) is 56.2 Å². The van der Waals surface area contributed by atoms with Crippen molar-refractivity contribution in [3.05, 3.63) is 53.1 Å². The molecule has 0 unspecified atom stereocenters. The Morgan fingerprint density at radius 2 is 2.03 bits per heavy atom. The van der Waals surface area contributed by atoms with E-state index in [0.29, 0.717) is 13.0 Å². The Kier molecular flexibility index (Phi) is 5.25. The molecule has 1 fully saturated rings. The molecule has 0 amide bonds. The van der Waals surface area contributed by atoms with Crippen LogP contribution in [0.4, 0.5) is 5.69 Å². The minimum absolute atomic E-state index is 0.0461. The number of carbonyl (C=O) groups is 1. The van der Waals surface area contributed by atoms with Gasteiger partial charge in [-0.3, -0.25) is 4.79 Å². The zero-order chi connectivity index (χ0) is 20.5. The van der Waals surface area contributed by atoms with Crippen LogP contribution in [0.15, 0.2) is 36.4 Å². The van der Waals surface area contributed by atoms with E-state index < -0.39 is 0 Å². The quantitative estimate of drug-likeness (QED) is 0.703. The van der Waals surface area contributed by atoms with Gasteiger partial charge in [-0.25, -0.2) is 0 Å². The number of methoxy groups -OCH3 is 1. The number of rotatable bonds is 5. The van der Waals surface area contributed by atoms with Crippen molar-refractivity contribution in [2.45, 2.75) is 31.3 Å². The highest BCUT2D eigenvalue weighted by Crippen LogP contribution is 2.43. The fourth-order valence-corrected chi connectivity index (χ4v) is 4.77. The van der Waals surface area contributed by atoms with Crippen LogP contribution in [-0.4, -0.2) is 46.0 Å². The van der Waals surface area contributed by atoms with Crippen LogP contribution in [-0.2, 0) is 20.7 Å². The first-order valence-corrected chi connectivity index (χ1v) is 10.7. The summed E-state index contributed by atoms with van der Waals surface area (Å²) >= 11 is 0. The number of hydrogen-bond donors (Lipinski definition) is 0. The van der Waals surface area contributed by atoms with Crippen molar-refractivity contribution in [3.8, 4) is 11.5 Å². The van der Waals surface area contributed by atoms with Gasteiger partial charge in [0.05, 0.1) is 33.4 Å². The Morgan fingerprint density at radius 3 is 2.87 bits per heavy atom. The molecule has 0 N–H and O–H groups in total. The van der Waals surface area contributed by atoms with Gasteiger partial charge < -0.3 is 23.8 Å². The van der Waals surface area contributed by atoms with Gasteiger partial charge in [0.1, 0.15) is 17.6 Å².